The lowest BCUT2D eigenvalue weighted by Crippen LogP contribution is -2.38. The summed E-state index contributed by atoms with van der Waals surface area (Å²) >= 11 is 0. The first-order valence-corrected chi connectivity index (χ1v) is 8.49. The van der Waals surface area contributed by atoms with Crippen molar-refractivity contribution < 1.29 is 4.79 Å². The second kappa shape index (κ2) is 9.58. The van der Waals surface area contributed by atoms with Crippen LogP contribution in [0.4, 0.5) is 5.69 Å². The van der Waals surface area contributed by atoms with E-state index in [4.69, 9.17) is 5.73 Å². The van der Waals surface area contributed by atoms with E-state index in [9.17, 15) is 14.4 Å². The predicted octanol–water partition coefficient (Wildman–Crippen LogP) is 1.34. The molecule has 0 saturated carbocycles. The number of carbonyl (C=O) groups excluding carboxylic acids is 1. The summed E-state index contributed by atoms with van der Waals surface area (Å²) in [6.07, 6.45) is 0.650. The maximum Gasteiger partial charge on any atom is 0.332 e. The largest absolute Gasteiger partial charge is 0.399 e. The number of rotatable bonds is 4. The van der Waals surface area contributed by atoms with Gasteiger partial charge in [-0.15, -0.1) is 24.8 Å². The highest BCUT2D eigenvalue weighted by Crippen LogP contribution is 2.12. The van der Waals surface area contributed by atoms with E-state index in [-0.39, 0.29) is 42.1 Å². The summed E-state index contributed by atoms with van der Waals surface area (Å²) in [5, 5.41) is 3.14. The van der Waals surface area contributed by atoms with E-state index in [0.717, 1.165) is 10.1 Å². The number of nitrogens with two attached hydrogens (primary N) is 1. The highest BCUT2D eigenvalue weighted by atomic mass is 35.5. The van der Waals surface area contributed by atoms with Gasteiger partial charge in [-0.05, 0) is 42.7 Å². The van der Waals surface area contributed by atoms with Gasteiger partial charge < -0.3 is 11.1 Å². The third-order valence-corrected chi connectivity index (χ3v) is 4.52. The molecule has 0 radical (unpaired) electrons. The van der Waals surface area contributed by atoms with E-state index < -0.39 is 11.2 Å². The molecule has 156 valence electrons. The summed E-state index contributed by atoms with van der Waals surface area (Å²) in [5.74, 6) is -0.358. The molecule has 8 nitrogen and oxygen atoms in total. The molecule has 0 fully saturated rings. The first-order valence-electron chi connectivity index (χ1n) is 8.49. The Morgan fingerprint density at radius 3 is 2.34 bits per heavy atom. The Labute approximate surface area is 179 Å². The summed E-state index contributed by atoms with van der Waals surface area (Å²) in [5.41, 5.74) is 7.46. The summed E-state index contributed by atoms with van der Waals surface area (Å²) in [6.45, 7) is 2.15. The van der Waals surface area contributed by atoms with Gasteiger partial charge in [0.05, 0.1) is 5.39 Å². The third kappa shape index (κ3) is 4.78. The van der Waals surface area contributed by atoms with Crippen LogP contribution in [0.5, 0.6) is 0 Å². The smallest absolute Gasteiger partial charge is 0.332 e. The van der Waals surface area contributed by atoms with Crippen LogP contribution >= 0.6 is 24.8 Å². The van der Waals surface area contributed by atoms with Crippen LogP contribution in [0.3, 0.4) is 0 Å². The molecule has 0 atom stereocenters. The molecule has 2 aromatic heterocycles. The van der Waals surface area contributed by atoms with Crippen LogP contribution in [-0.2, 0) is 20.5 Å². The normalized spacial score (nSPS) is 10.2. The highest BCUT2D eigenvalue weighted by Gasteiger charge is 2.16. The van der Waals surface area contributed by atoms with Gasteiger partial charge in [-0.25, -0.2) is 9.78 Å². The number of fused-ring (bicyclic) bond motifs is 1. The van der Waals surface area contributed by atoms with Gasteiger partial charge >= 0.3 is 5.69 Å². The van der Waals surface area contributed by atoms with Crippen molar-refractivity contribution in [1.29, 1.82) is 0 Å². The number of carbonyl (C=O) groups is 1. The Morgan fingerprint density at radius 1 is 1.10 bits per heavy atom. The van der Waals surface area contributed by atoms with Crippen LogP contribution in [-0.4, -0.2) is 26.6 Å². The monoisotopic (exact) mass is 439 g/mol. The summed E-state index contributed by atoms with van der Waals surface area (Å²) in [4.78, 5) is 41.2. The first-order chi connectivity index (χ1) is 12.8. The molecule has 0 aliphatic rings. The van der Waals surface area contributed by atoms with Gasteiger partial charge in [0.2, 0.25) is 0 Å². The molecule has 1 aromatic carbocycles. The number of nitrogens with one attached hydrogen (secondary N) is 1. The standard InChI is InChI=1S/C19H21N5O3.2ClH/c1-11-10-14(17(25)21-9-8-12-4-6-13(20)7-5-12)22-16-15(11)18(26)24(3)19(27)23(16)2;;/h4-7,10H,8-9,20H2,1-3H3,(H,21,25);2*1H. The van der Waals surface area contributed by atoms with Crippen molar-refractivity contribution in [3.63, 3.8) is 0 Å². The molecule has 0 unspecified atom stereocenters. The fourth-order valence-corrected chi connectivity index (χ4v) is 2.94. The predicted molar refractivity (Wildman–Crippen MR) is 118 cm³/mol. The zero-order valence-corrected chi connectivity index (χ0v) is 17.9. The molecule has 1 amide bonds. The number of pyridine rings is 1. The topological polar surface area (TPSA) is 112 Å². The molecular formula is C19H23Cl2N5O3. The number of aromatic nitrogens is 3. The molecule has 3 aromatic rings. The van der Waals surface area contributed by atoms with Crippen LogP contribution in [0, 0.1) is 6.92 Å². The number of nitrogens with zero attached hydrogens (tertiary/aromatic N) is 3. The van der Waals surface area contributed by atoms with Gasteiger partial charge in [0.15, 0.2) is 0 Å². The number of amides is 1. The number of benzene rings is 1. The molecule has 0 spiro atoms. The Kier molecular flexibility index (Phi) is 7.99. The molecule has 0 saturated heterocycles. The second-order valence-electron chi connectivity index (χ2n) is 6.48. The number of anilines is 1. The first kappa shape index (κ1) is 24.2. The van der Waals surface area contributed by atoms with Crippen molar-refractivity contribution >= 4 is 47.4 Å². The van der Waals surface area contributed by atoms with Gasteiger partial charge in [0.1, 0.15) is 11.3 Å². The van der Waals surface area contributed by atoms with Crippen molar-refractivity contribution in [2.45, 2.75) is 13.3 Å². The fourth-order valence-electron chi connectivity index (χ4n) is 2.94. The molecule has 2 heterocycles. The Morgan fingerprint density at radius 2 is 1.72 bits per heavy atom. The Bertz CT molecular complexity index is 1150. The van der Waals surface area contributed by atoms with Crippen molar-refractivity contribution in [3.05, 3.63) is 68.0 Å². The van der Waals surface area contributed by atoms with Crippen molar-refractivity contribution in [2.24, 2.45) is 14.1 Å². The average molecular weight is 440 g/mol. The van der Waals surface area contributed by atoms with E-state index in [1.807, 2.05) is 24.3 Å². The summed E-state index contributed by atoms with van der Waals surface area (Å²) in [7, 11) is 2.95. The fraction of sp³-hybridized carbons (Fsp3) is 0.263. The molecule has 3 rings (SSSR count). The van der Waals surface area contributed by atoms with Gasteiger partial charge in [-0.3, -0.25) is 18.7 Å². The van der Waals surface area contributed by atoms with E-state index in [2.05, 4.69) is 10.3 Å². The molecule has 0 aliphatic carbocycles. The molecule has 29 heavy (non-hydrogen) atoms. The zero-order valence-electron chi connectivity index (χ0n) is 16.3. The molecule has 0 bridgehead atoms. The van der Waals surface area contributed by atoms with E-state index in [1.165, 1.54) is 18.7 Å². The summed E-state index contributed by atoms with van der Waals surface area (Å²) in [6, 6.07) is 9.00. The van der Waals surface area contributed by atoms with Crippen LogP contribution < -0.4 is 22.3 Å². The number of aryl methyl sites for hydroxylation is 2. The quantitative estimate of drug-likeness (QED) is 0.595. The van der Waals surface area contributed by atoms with Crippen LogP contribution in [0.1, 0.15) is 21.6 Å². The Hall–Kier alpha value is -2.84. The van der Waals surface area contributed by atoms with Crippen molar-refractivity contribution in [1.82, 2.24) is 19.4 Å². The maximum absolute atomic E-state index is 12.5. The number of hydrogen-bond acceptors (Lipinski definition) is 5. The minimum Gasteiger partial charge on any atom is -0.399 e. The lowest BCUT2D eigenvalue weighted by atomic mass is 10.1. The van der Waals surface area contributed by atoms with Crippen molar-refractivity contribution in [2.75, 3.05) is 12.3 Å². The van der Waals surface area contributed by atoms with Crippen LogP contribution in [0.15, 0.2) is 39.9 Å². The van der Waals surface area contributed by atoms with E-state index in [0.29, 0.717) is 29.6 Å². The highest BCUT2D eigenvalue weighted by molar-refractivity contribution is 5.95. The van der Waals surface area contributed by atoms with Gasteiger partial charge in [-0.1, -0.05) is 12.1 Å². The van der Waals surface area contributed by atoms with E-state index in [1.54, 1.807) is 13.0 Å². The molecular weight excluding hydrogens is 417 g/mol. The minimum absolute atomic E-state index is 0. The lowest BCUT2D eigenvalue weighted by molar-refractivity contribution is 0.0949. The number of halogens is 2. The Balaban J connectivity index is 0.00000210. The second-order valence-corrected chi connectivity index (χ2v) is 6.48. The molecule has 3 N–H and O–H groups in total. The maximum atomic E-state index is 12.5. The van der Waals surface area contributed by atoms with Crippen molar-refractivity contribution in [3.8, 4) is 0 Å². The van der Waals surface area contributed by atoms with Gasteiger partial charge in [-0.2, -0.15) is 0 Å². The molecule has 0 aliphatic heterocycles. The minimum atomic E-state index is -0.486. The van der Waals surface area contributed by atoms with Gasteiger partial charge in [0.25, 0.3) is 11.5 Å². The third-order valence-electron chi connectivity index (χ3n) is 4.52. The van der Waals surface area contributed by atoms with Crippen LogP contribution in [0.25, 0.3) is 11.0 Å². The van der Waals surface area contributed by atoms with Crippen LogP contribution in [0.2, 0.25) is 0 Å². The van der Waals surface area contributed by atoms with E-state index >= 15 is 0 Å². The zero-order chi connectivity index (χ0) is 19.7. The number of hydrogen-bond donors (Lipinski definition) is 2. The van der Waals surface area contributed by atoms with Gasteiger partial charge in [0, 0.05) is 26.3 Å². The number of nitrogen functional groups attached to an aromatic ring is 1. The SMILES string of the molecule is Cc1cc(C(=O)NCCc2ccc(N)cc2)nc2c1c(=O)n(C)c(=O)n2C.Cl.Cl. The summed E-state index contributed by atoms with van der Waals surface area (Å²) < 4.78 is 2.30. The molecule has 10 heteroatoms. The average Bonchev–Trinajstić information content (AvgIpc) is 2.65. The lowest BCUT2D eigenvalue weighted by Gasteiger charge is -2.11.